The van der Waals surface area contributed by atoms with Crippen LogP contribution in [0.5, 0.6) is 0 Å². The smallest absolute Gasteiger partial charge is 0.328 e. The van der Waals surface area contributed by atoms with E-state index >= 15 is 4.39 Å². The van der Waals surface area contributed by atoms with Gasteiger partial charge in [-0.05, 0) is 20.2 Å². The van der Waals surface area contributed by atoms with E-state index in [-0.39, 0.29) is 54.2 Å². The third-order valence-corrected chi connectivity index (χ3v) is 7.50. The molecule has 2 bridgehead atoms. The summed E-state index contributed by atoms with van der Waals surface area (Å²) in [4.78, 5) is 51.2. The number of carbonyl (C=O) groups excluding carboxylic acids is 3. The molecule has 6 rings (SSSR count). The summed E-state index contributed by atoms with van der Waals surface area (Å²) in [5.41, 5.74) is -0.149. The van der Waals surface area contributed by atoms with Gasteiger partial charge in [0, 0.05) is 69.0 Å². The van der Waals surface area contributed by atoms with Gasteiger partial charge >= 0.3 is 6.03 Å². The highest BCUT2D eigenvalue weighted by Crippen LogP contribution is 2.56. The summed E-state index contributed by atoms with van der Waals surface area (Å²) in [6.45, 7) is 1.50. The number of likely N-dealkylation sites (tertiary alicyclic amines) is 1. The van der Waals surface area contributed by atoms with Crippen LogP contribution >= 0.6 is 0 Å². The van der Waals surface area contributed by atoms with Crippen LogP contribution in [0.3, 0.4) is 0 Å². The lowest BCUT2D eigenvalue weighted by molar-refractivity contribution is -0.149. The fraction of sp³-hybridized carbons (Fsp3) is 0.462. The molecule has 2 aromatic heterocycles. The Morgan fingerprint density at radius 2 is 2.15 bits per heavy atom. The van der Waals surface area contributed by atoms with Crippen molar-refractivity contribution in [3.63, 3.8) is 0 Å². The number of pyridine rings is 2. The first kappa shape index (κ1) is 26.5. The number of methoxy groups -OCH3 is 1. The molecular formula is C26H29FN8O4. The first-order valence-corrected chi connectivity index (χ1v) is 12.6. The van der Waals surface area contributed by atoms with Crippen LogP contribution in [0.4, 0.5) is 26.5 Å². The van der Waals surface area contributed by atoms with Crippen LogP contribution < -0.4 is 15.5 Å². The van der Waals surface area contributed by atoms with Gasteiger partial charge in [0.1, 0.15) is 35.1 Å². The van der Waals surface area contributed by atoms with Gasteiger partial charge in [0.15, 0.2) is 6.29 Å². The molecule has 204 valence electrons. The molecule has 1 unspecified atom stereocenters. The molecule has 1 saturated heterocycles. The fourth-order valence-electron chi connectivity index (χ4n) is 5.25. The van der Waals surface area contributed by atoms with Crippen LogP contribution in [0.1, 0.15) is 40.0 Å². The summed E-state index contributed by atoms with van der Waals surface area (Å²) in [7, 11) is 5.21. The SMILES string of the molecule is COCCNc1cc(NC(=O)N2c3nc(C=O)c(CN4CC(N(C)C)C4=O)cc3C3(F)CC2C3)ncc1C#N. The van der Waals surface area contributed by atoms with E-state index in [1.807, 2.05) is 25.1 Å². The third-order valence-electron chi connectivity index (χ3n) is 7.50. The Morgan fingerprint density at radius 3 is 2.79 bits per heavy atom. The summed E-state index contributed by atoms with van der Waals surface area (Å²) < 4.78 is 20.8. The van der Waals surface area contributed by atoms with E-state index in [2.05, 4.69) is 20.6 Å². The lowest BCUT2D eigenvalue weighted by Crippen LogP contribution is -2.61. The molecular weight excluding hydrogens is 507 g/mol. The van der Waals surface area contributed by atoms with Crippen molar-refractivity contribution in [2.75, 3.05) is 56.4 Å². The number of ether oxygens (including phenoxy) is 1. The first-order chi connectivity index (χ1) is 18.7. The molecule has 4 aliphatic rings. The van der Waals surface area contributed by atoms with Crippen molar-refractivity contribution in [3.8, 4) is 6.07 Å². The van der Waals surface area contributed by atoms with Gasteiger partial charge in [-0.1, -0.05) is 0 Å². The minimum Gasteiger partial charge on any atom is -0.383 e. The largest absolute Gasteiger partial charge is 0.383 e. The molecule has 13 heteroatoms. The number of β-lactam (4-membered cyclic amide) rings is 1. The van der Waals surface area contributed by atoms with E-state index in [0.29, 0.717) is 42.8 Å². The molecule has 0 radical (unpaired) electrons. The number of urea groups is 1. The second-order valence-electron chi connectivity index (χ2n) is 10.2. The van der Waals surface area contributed by atoms with Gasteiger partial charge in [0.25, 0.3) is 0 Å². The molecule has 1 aliphatic carbocycles. The van der Waals surface area contributed by atoms with Crippen molar-refractivity contribution < 1.29 is 23.5 Å². The molecule has 0 aromatic carbocycles. The molecule has 1 saturated carbocycles. The Hall–Kier alpha value is -4.15. The van der Waals surface area contributed by atoms with Crippen LogP contribution in [-0.4, -0.2) is 91.0 Å². The molecule has 12 nitrogen and oxygen atoms in total. The van der Waals surface area contributed by atoms with E-state index in [0.717, 1.165) is 0 Å². The Kier molecular flexibility index (Phi) is 6.92. The highest BCUT2D eigenvalue weighted by atomic mass is 19.1. The molecule has 1 atom stereocenters. The van der Waals surface area contributed by atoms with E-state index < -0.39 is 17.7 Å². The lowest BCUT2D eigenvalue weighted by Gasteiger charge is -2.52. The second-order valence-corrected chi connectivity index (χ2v) is 10.2. The van der Waals surface area contributed by atoms with Crippen molar-refractivity contribution in [3.05, 3.63) is 40.7 Å². The van der Waals surface area contributed by atoms with E-state index in [1.54, 1.807) is 18.1 Å². The van der Waals surface area contributed by atoms with Crippen molar-refractivity contribution in [2.45, 2.75) is 37.1 Å². The van der Waals surface area contributed by atoms with Gasteiger partial charge in [-0.2, -0.15) is 5.26 Å². The average molecular weight is 537 g/mol. The maximum absolute atomic E-state index is 15.7. The summed E-state index contributed by atoms with van der Waals surface area (Å²) in [6, 6.07) is 3.92. The summed E-state index contributed by atoms with van der Waals surface area (Å²) in [5.74, 6) is 0.202. The predicted octanol–water partition coefficient (Wildman–Crippen LogP) is 1.87. The quantitative estimate of drug-likeness (QED) is 0.279. The van der Waals surface area contributed by atoms with Gasteiger partial charge in [0.05, 0.1) is 17.9 Å². The normalized spacial score (nSPS) is 22.9. The molecule has 2 aromatic rings. The number of carbonyl (C=O) groups is 3. The van der Waals surface area contributed by atoms with Gasteiger partial charge in [-0.15, -0.1) is 0 Å². The number of alkyl halides is 1. The van der Waals surface area contributed by atoms with E-state index in [4.69, 9.17) is 4.74 Å². The summed E-state index contributed by atoms with van der Waals surface area (Å²) in [5, 5.41) is 15.2. The Bertz CT molecular complexity index is 1370. The van der Waals surface area contributed by atoms with Gasteiger partial charge in [0.2, 0.25) is 5.91 Å². The highest BCUT2D eigenvalue weighted by molar-refractivity contribution is 6.03. The average Bonchev–Trinajstić information content (AvgIpc) is 2.89. The van der Waals surface area contributed by atoms with E-state index in [1.165, 1.54) is 17.2 Å². The number of anilines is 3. The number of hydrogen-bond acceptors (Lipinski definition) is 9. The number of nitrogens with zero attached hydrogens (tertiary/aromatic N) is 6. The fourth-order valence-corrected chi connectivity index (χ4v) is 5.25. The molecule has 3 amide bonds. The minimum absolute atomic E-state index is 0.0543. The molecule has 2 N–H and O–H groups in total. The highest BCUT2D eigenvalue weighted by Gasteiger charge is 2.57. The number of rotatable bonds is 9. The predicted molar refractivity (Wildman–Crippen MR) is 139 cm³/mol. The molecule has 3 aliphatic heterocycles. The number of hydrogen-bond donors (Lipinski definition) is 2. The van der Waals surface area contributed by atoms with Crippen LogP contribution in [0, 0.1) is 11.3 Å². The van der Waals surface area contributed by atoms with E-state index in [9.17, 15) is 19.6 Å². The lowest BCUT2D eigenvalue weighted by atomic mass is 9.68. The first-order valence-electron chi connectivity index (χ1n) is 12.6. The third kappa shape index (κ3) is 4.66. The van der Waals surface area contributed by atoms with Gasteiger partial charge in [-0.25, -0.2) is 19.2 Å². The number of aldehydes is 1. The second kappa shape index (κ2) is 10.2. The maximum Gasteiger partial charge on any atom is 0.328 e. The van der Waals surface area contributed by atoms with Crippen molar-refractivity contribution in [1.82, 2.24) is 19.8 Å². The minimum atomic E-state index is -1.66. The number of likely N-dealkylation sites (N-methyl/N-ethyl adjacent to an activating group) is 1. The summed E-state index contributed by atoms with van der Waals surface area (Å²) in [6.07, 6.45) is 2.11. The van der Waals surface area contributed by atoms with Crippen molar-refractivity contribution in [2.24, 2.45) is 0 Å². The van der Waals surface area contributed by atoms with Crippen LogP contribution in [0.25, 0.3) is 0 Å². The molecule has 2 fully saturated rings. The van der Waals surface area contributed by atoms with Crippen LogP contribution in [-0.2, 0) is 21.7 Å². The number of halogens is 1. The monoisotopic (exact) mass is 536 g/mol. The number of nitriles is 1. The zero-order valence-corrected chi connectivity index (χ0v) is 21.9. The van der Waals surface area contributed by atoms with Crippen molar-refractivity contribution in [1.29, 1.82) is 5.26 Å². The number of aromatic nitrogens is 2. The van der Waals surface area contributed by atoms with Gasteiger partial charge < -0.3 is 15.0 Å². The molecule has 39 heavy (non-hydrogen) atoms. The number of amides is 3. The van der Waals surface area contributed by atoms with Crippen LogP contribution in [0.15, 0.2) is 18.3 Å². The molecule has 5 heterocycles. The number of nitrogens with one attached hydrogen (secondary N) is 2. The zero-order valence-electron chi connectivity index (χ0n) is 21.9. The Morgan fingerprint density at radius 1 is 1.38 bits per heavy atom. The topological polar surface area (TPSA) is 144 Å². The van der Waals surface area contributed by atoms with Crippen LogP contribution in [0.2, 0.25) is 0 Å². The van der Waals surface area contributed by atoms with Gasteiger partial charge in [-0.3, -0.25) is 24.7 Å². The Balaban J connectivity index is 1.40. The maximum atomic E-state index is 15.7. The molecule has 0 spiro atoms. The summed E-state index contributed by atoms with van der Waals surface area (Å²) >= 11 is 0. The Labute approximate surface area is 224 Å². The standard InChI is InChI=1S/C26H29FN8O4/c1-33(2)21-13-34(24(21)37)12-15-6-18-23(31-20(15)14-36)35(17-8-26(18,27)9-17)25(38)32-22-7-19(29-4-5-39-3)16(10-28)11-30-22/h6-7,11,14,17,21H,4-5,8-9,12-13H2,1-3H3,(H2,29,30,32,38). The zero-order chi connectivity index (χ0) is 27.9. The van der Waals surface area contributed by atoms with Crippen molar-refractivity contribution >= 4 is 35.5 Å².